The lowest BCUT2D eigenvalue weighted by Crippen LogP contribution is -2.36. The van der Waals surface area contributed by atoms with Crippen molar-refractivity contribution < 1.29 is 4.79 Å². The average molecular weight is 320 g/mol. The molecule has 1 saturated carbocycles. The van der Waals surface area contributed by atoms with E-state index in [1.165, 1.54) is 0 Å². The summed E-state index contributed by atoms with van der Waals surface area (Å²) >= 11 is 0. The van der Waals surface area contributed by atoms with Gasteiger partial charge < -0.3 is 9.80 Å². The molecule has 2 fully saturated rings. The zero-order valence-electron chi connectivity index (χ0n) is 13.6. The highest BCUT2D eigenvalue weighted by molar-refractivity contribution is 5.94. The van der Waals surface area contributed by atoms with Gasteiger partial charge >= 0.3 is 0 Å². The van der Waals surface area contributed by atoms with Crippen molar-refractivity contribution in [2.45, 2.75) is 19.3 Å². The van der Waals surface area contributed by atoms with Crippen molar-refractivity contribution in [2.24, 2.45) is 5.92 Å². The Labute approximate surface area is 141 Å². The van der Waals surface area contributed by atoms with E-state index >= 15 is 0 Å². The third-order valence-corrected chi connectivity index (χ3v) is 4.92. The van der Waals surface area contributed by atoms with Crippen LogP contribution in [0.3, 0.4) is 0 Å². The molecule has 1 aromatic carbocycles. The van der Waals surface area contributed by atoms with Gasteiger partial charge in [0, 0.05) is 43.7 Å². The minimum Gasteiger partial charge on any atom is -0.368 e. The molecule has 2 aromatic rings. The number of fused-ring (bicyclic) bond motifs is 1. The van der Waals surface area contributed by atoms with E-state index in [1.54, 1.807) is 6.20 Å². The van der Waals surface area contributed by atoms with Crippen LogP contribution in [0.4, 0.5) is 5.69 Å². The first-order valence-corrected chi connectivity index (χ1v) is 8.59. The Hall–Kier alpha value is -2.61. The van der Waals surface area contributed by atoms with Crippen LogP contribution in [0.1, 0.15) is 24.8 Å². The van der Waals surface area contributed by atoms with E-state index in [9.17, 15) is 10.1 Å². The minimum absolute atomic E-state index is 0.271. The quantitative estimate of drug-likeness (QED) is 0.853. The highest BCUT2D eigenvalue weighted by atomic mass is 16.2. The maximum Gasteiger partial charge on any atom is 0.225 e. The minimum atomic E-state index is 0.271. The van der Waals surface area contributed by atoms with Crippen molar-refractivity contribution in [3.63, 3.8) is 0 Å². The molecular formula is C19H20N4O. The lowest BCUT2D eigenvalue weighted by molar-refractivity contribution is -0.132. The zero-order chi connectivity index (χ0) is 16.5. The normalized spacial score (nSPS) is 18.3. The second-order valence-electron chi connectivity index (χ2n) is 6.59. The molecular weight excluding hydrogens is 300 g/mol. The number of rotatable bonds is 2. The molecule has 1 saturated heterocycles. The molecule has 1 amide bonds. The topological polar surface area (TPSA) is 60.2 Å². The number of benzene rings is 1. The summed E-state index contributed by atoms with van der Waals surface area (Å²) < 4.78 is 0. The Balaban J connectivity index is 1.65. The number of anilines is 1. The van der Waals surface area contributed by atoms with Crippen LogP contribution in [0, 0.1) is 17.2 Å². The molecule has 2 heterocycles. The van der Waals surface area contributed by atoms with Gasteiger partial charge in [0.15, 0.2) is 0 Å². The van der Waals surface area contributed by atoms with Gasteiger partial charge in [-0.25, -0.2) is 0 Å². The number of pyridine rings is 1. The van der Waals surface area contributed by atoms with Crippen molar-refractivity contribution in [1.82, 2.24) is 9.88 Å². The van der Waals surface area contributed by atoms with E-state index in [-0.39, 0.29) is 5.92 Å². The molecule has 0 unspecified atom stereocenters. The van der Waals surface area contributed by atoms with Crippen molar-refractivity contribution in [2.75, 3.05) is 31.1 Å². The highest BCUT2D eigenvalue weighted by Gasteiger charge is 2.34. The van der Waals surface area contributed by atoms with Crippen LogP contribution in [-0.2, 0) is 4.79 Å². The first kappa shape index (κ1) is 14.9. The Bertz CT molecular complexity index is 822. The van der Waals surface area contributed by atoms with Crippen LogP contribution < -0.4 is 4.90 Å². The molecule has 5 nitrogen and oxygen atoms in total. The summed E-state index contributed by atoms with van der Waals surface area (Å²) in [6, 6.07) is 10.2. The van der Waals surface area contributed by atoms with E-state index < -0.39 is 0 Å². The van der Waals surface area contributed by atoms with Gasteiger partial charge in [-0.1, -0.05) is 18.2 Å². The van der Waals surface area contributed by atoms with Crippen LogP contribution >= 0.6 is 0 Å². The summed E-state index contributed by atoms with van der Waals surface area (Å²) in [7, 11) is 0. The maximum atomic E-state index is 12.3. The Morgan fingerprint density at radius 2 is 2.00 bits per heavy atom. The molecule has 4 rings (SSSR count). The fraction of sp³-hybridized carbons (Fsp3) is 0.421. The van der Waals surface area contributed by atoms with Crippen LogP contribution in [-0.4, -0.2) is 42.0 Å². The molecule has 1 aromatic heterocycles. The largest absolute Gasteiger partial charge is 0.368 e. The van der Waals surface area contributed by atoms with Gasteiger partial charge in [0.2, 0.25) is 5.91 Å². The molecule has 0 radical (unpaired) electrons. The molecule has 1 aliphatic carbocycles. The summed E-state index contributed by atoms with van der Waals surface area (Å²) in [4.78, 5) is 21.0. The molecule has 2 aliphatic rings. The predicted molar refractivity (Wildman–Crippen MR) is 92.6 cm³/mol. The maximum absolute atomic E-state index is 12.3. The van der Waals surface area contributed by atoms with E-state index in [1.807, 2.05) is 29.2 Å². The standard InChI is InChI=1S/C19H20N4O/c20-12-15-13-21-17-5-2-1-4-16(17)18(15)22-8-3-9-23(11-10-22)19(24)14-6-7-14/h1-2,4-5,13-14H,3,6-11H2. The van der Waals surface area contributed by atoms with Crippen LogP contribution in [0.25, 0.3) is 10.9 Å². The molecule has 0 N–H and O–H groups in total. The molecule has 0 spiro atoms. The van der Waals surface area contributed by atoms with Gasteiger partial charge in [0.25, 0.3) is 0 Å². The van der Waals surface area contributed by atoms with Gasteiger partial charge in [-0.15, -0.1) is 0 Å². The number of hydrogen-bond donors (Lipinski definition) is 0. The first-order chi connectivity index (χ1) is 11.8. The van der Waals surface area contributed by atoms with Gasteiger partial charge in [0.05, 0.1) is 16.8 Å². The summed E-state index contributed by atoms with van der Waals surface area (Å²) in [5.41, 5.74) is 2.47. The number of carbonyl (C=O) groups is 1. The number of nitriles is 1. The number of amides is 1. The third-order valence-electron chi connectivity index (χ3n) is 4.92. The number of carbonyl (C=O) groups excluding carboxylic acids is 1. The molecule has 0 bridgehead atoms. The summed E-state index contributed by atoms with van der Waals surface area (Å²) in [5.74, 6) is 0.588. The van der Waals surface area contributed by atoms with Crippen molar-refractivity contribution in [1.29, 1.82) is 5.26 Å². The smallest absolute Gasteiger partial charge is 0.225 e. The van der Waals surface area contributed by atoms with Crippen LogP contribution in [0.15, 0.2) is 30.5 Å². The Kier molecular flexibility index (Phi) is 3.81. The van der Waals surface area contributed by atoms with Gasteiger partial charge in [-0.2, -0.15) is 5.26 Å². The second kappa shape index (κ2) is 6.12. The molecule has 5 heteroatoms. The SMILES string of the molecule is N#Cc1cnc2ccccc2c1N1CCCN(C(=O)C2CC2)CC1. The summed E-state index contributed by atoms with van der Waals surface area (Å²) in [5, 5.41) is 10.5. The first-order valence-electron chi connectivity index (χ1n) is 8.59. The van der Waals surface area contributed by atoms with Crippen molar-refractivity contribution in [3.8, 4) is 6.07 Å². The van der Waals surface area contributed by atoms with E-state index in [2.05, 4.69) is 16.0 Å². The van der Waals surface area contributed by atoms with Crippen LogP contribution in [0.5, 0.6) is 0 Å². The molecule has 122 valence electrons. The van der Waals surface area contributed by atoms with Crippen molar-refractivity contribution >= 4 is 22.5 Å². The average Bonchev–Trinajstić information content (AvgIpc) is 3.47. The van der Waals surface area contributed by atoms with Crippen LogP contribution in [0.2, 0.25) is 0 Å². The van der Waals surface area contributed by atoms with Crippen molar-refractivity contribution in [3.05, 3.63) is 36.0 Å². The summed E-state index contributed by atoms with van der Waals surface area (Å²) in [6.07, 6.45) is 4.69. The Morgan fingerprint density at radius 1 is 1.17 bits per heavy atom. The monoisotopic (exact) mass is 320 g/mol. The lowest BCUT2D eigenvalue weighted by Gasteiger charge is -2.25. The lowest BCUT2D eigenvalue weighted by atomic mass is 10.1. The fourth-order valence-corrected chi connectivity index (χ4v) is 3.50. The van der Waals surface area contributed by atoms with E-state index in [4.69, 9.17) is 0 Å². The summed E-state index contributed by atoms with van der Waals surface area (Å²) in [6.45, 7) is 3.17. The van der Waals surface area contributed by atoms with Gasteiger partial charge in [-0.05, 0) is 25.3 Å². The van der Waals surface area contributed by atoms with Gasteiger partial charge in [-0.3, -0.25) is 9.78 Å². The fourth-order valence-electron chi connectivity index (χ4n) is 3.50. The van der Waals surface area contributed by atoms with E-state index in [0.717, 1.165) is 62.0 Å². The molecule has 1 aliphatic heterocycles. The number of hydrogen-bond acceptors (Lipinski definition) is 4. The third kappa shape index (κ3) is 2.69. The highest BCUT2D eigenvalue weighted by Crippen LogP contribution is 2.33. The molecule has 24 heavy (non-hydrogen) atoms. The predicted octanol–water partition coefficient (Wildman–Crippen LogP) is 2.56. The number of nitrogens with zero attached hydrogens (tertiary/aromatic N) is 4. The van der Waals surface area contributed by atoms with E-state index in [0.29, 0.717) is 11.5 Å². The molecule has 0 atom stereocenters. The second-order valence-corrected chi connectivity index (χ2v) is 6.59. The number of para-hydroxylation sites is 1. The van der Waals surface area contributed by atoms with Gasteiger partial charge in [0.1, 0.15) is 6.07 Å². The Morgan fingerprint density at radius 3 is 2.79 bits per heavy atom. The number of aromatic nitrogens is 1. The zero-order valence-corrected chi connectivity index (χ0v) is 13.6.